The maximum absolute atomic E-state index is 12.8. The highest BCUT2D eigenvalue weighted by molar-refractivity contribution is 5.51. The summed E-state index contributed by atoms with van der Waals surface area (Å²) in [6, 6.07) is 7.80. The molecule has 0 aliphatic carbocycles. The first-order valence-electron chi connectivity index (χ1n) is 4.87. The van der Waals surface area contributed by atoms with Crippen LogP contribution < -0.4 is 10.6 Å². The lowest BCUT2D eigenvalue weighted by Crippen LogP contribution is -2.10. The normalized spacial score (nSPS) is 10.4. The molecule has 2 rings (SSSR count). The first-order valence-corrected chi connectivity index (χ1v) is 4.87. The molecule has 1 heterocycles. The fourth-order valence-corrected chi connectivity index (χ4v) is 1.39. The van der Waals surface area contributed by atoms with E-state index >= 15 is 0 Å². The molecular weight excluding hydrogens is 207 g/mol. The molecule has 2 aromatic rings. The number of nitrogens with zero attached hydrogens (tertiary/aromatic N) is 3. The Morgan fingerprint density at radius 2 is 1.88 bits per heavy atom. The van der Waals surface area contributed by atoms with Crippen molar-refractivity contribution in [1.29, 1.82) is 0 Å². The molecule has 1 aromatic carbocycles. The number of aromatic nitrogens is 2. The maximum Gasteiger partial charge on any atom is 0.152 e. The summed E-state index contributed by atoms with van der Waals surface area (Å²) in [5.41, 5.74) is 6.57. The van der Waals surface area contributed by atoms with Crippen molar-refractivity contribution >= 4 is 11.6 Å². The van der Waals surface area contributed by atoms with Gasteiger partial charge in [0.25, 0.3) is 0 Å². The summed E-state index contributed by atoms with van der Waals surface area (Å²) in [6.07, 6.45) is 0. The second-order valence-corrected chi connectivity index (χ2v) is 3.71. The van der Waals surface area contributed by atoms with Gasteiger partial charge in [0.05, 0.1) is 5.69 Å². The number of hydrogen-bond donors (Lipinski definition) is 1. The van der Waals surface area contributed by atoms with Crippen LogP contribution in [0.25, 0.3) is 5.69 Å². The van der Waals surface area contributed by atoms with Crippen molar-refractivity contribution in [2.75, 3.05) is 24.7 Å². The second-order valence-electron chi connectivity index (χ2n) is 3.71. The Morgan fingerprint density at radius 3 is 2.38 bits per heavy atom. The van der Waals surface area contributed by atoms with Crippen LogP contribution in [0.4, 0.5) is 16.0 Å². The van der Waals surface area contributed by atoms with E-state index in [-0.39, 0.29) is 5.82 Å². The molecule has 16 heavy (non-hydrogen) atoms. The minimum Gasteiger partial charge on any atom is -0.384 e. The van der Waals surface area contributed by atoms with Crippen LogP contribution in [0.3, 0.4) is 0 Å². The number of anilines is 2. The molecule has 0 radical (unpaired) electrons. The highest BCUT2D eigenvalue weighted by atomic mass is 19.1. The third-order valence-electron chi connectivity index (χ3n) is 2.25. The molecule has 4 nitrogen and oxygen atoms in total. The molecule has 0 amide bonds. The molecule has 5 heteroatoms. The Kier molecular flexibility index (Phi) is 2.52. The van der Waals surface area contributed by atoms with Crippen LogP contribution in [-0.4, -0.2) is 23.9 Å². The molecule has 2 N–H and O–H groups in total. The number of hydrogen-bond acceptors (Lipinski definition) is 3. The zero-order chi connectivity index (χ0) is 11.7. The summed E-state index contributed by atoms with van der Waals surface area (Å²) in [4.78, 5) is 1.86. The fourth-order valence-electron chi connectivity index (χ4n) is 1.39. The van der Waals surface area contributed by atoms with Gasteiger partial charge in [0.15, 0.2) is 5.82 Å². The molecule has 0 atom stereocenters. The minimum absolute atomic E-state index is 0.276. The van der Waals surface area contributed by atoms with Crippen molar-refractivity contribution in [1.82, 2.24) is 9.78 Å². The van der Waals surface area contributed by atoms with Crippen LogP contribution in [0.1, 0.15) is 0 Å². The predicted octanol–water partition coefficient (Wildman–Crippen LogP) is 1.66. The average Bonchev–Trinajstić information content (AvgIpc) is 2.62. The topological polar surface area (TPSA) is 47.1 Å². The van der Waals surface area contributed by atoms with E-state index in [9.17, 15) is 4.39 Å². The highest BCUT2D eigenvalue weighted by Crippen LogP contribution is 2.18. The van der Waals surface area contributed by atoms with E-state index in [2.05, 4.69) is 5.10 Å². The minimum atomic E-state index is -0.276. The van der Waals surface area contributed by atoms with Gasteiger partial charge >= 0.3 is 0 Å². The van der Waals surface area contributed by atoms with Crippen molar-refractivity contribution in [2.24, 2.45) is 0 Å². The quantitative estimate of drug-likeness (QED) is 0.837. The molecule has 84 valence electrons. The first kappa shape index (κ1) is 10.5. The zero-order valence-corrected chi connectivity index (χ0v) is 9.18. The average molecular weight is 220 g/mol. The van der Waals surface area contributed by atoms with Gasteiger partial charge in [-0.1, -0.05) is 0 Å². The predicted molar refractivity (Wildman–Crippen MR) is 62.3 cm³/mol. The monoisotopic (exact) mass is 220 g/mol. The molecule has 0 fully saturated rings. The van der Waals surface area contributed by atoms with Crippen molar-refractivity contribution in [3.63, 3.8) is 0 Å². The highest BCUT2D eigenvalue weighted by Gasteiger charge is 2.07. The largest absolute Gasteiger partial charge is 0.384 e. The van der Waals surface area contributed by atoms with Crippen LogP contribution in [-0.2, 0) is 0 Å². The number of benzene rings is 1. The maximum atomic E-state index is 12.8. The summed E-state index contributed by atoms with van der Waals surface area (Å²) in [5, 5.41) is 4.30. The third kappa shape index (κ3) is 1.84. The lowest BCUT2D eigenvalue weighted by Gasteiger charge is -2.06. The lowest BCUT2D eigenvalue weighted by atomic mass is 10.3. The van der Waals surface area contributed by atoms with Gasteiger partial charge in [0.2, 0.25) is 0 Å². The van der Waals surface area contributed by atoms with E-state index in [1.807, 2.05) is 19.0 Å². The molecule has 0 aliphatic heterocycles. The number of rotatable bonds is 2. The molecule has 0 saturated carbocycles. The van der Waals surface area contributed by atoms with Crippen molar-refractivity contribution in [3.8, 4) is 5.69 Å². The smallest absolute Gasteiger partial charge is 0.152 e. The molecule has 0 bridgehead atoms. The van der Waals surface area contributed by atoms with Crippen LogP contribution in [0.15, 0.2) is 30.3 Å². The molecule has 0 saturated heterocycles. The van der Waals surface area contributed by atoms with E-state index in [1.54, 1.807) is 22.9 Å². The van der Waals surface area contributed by atoms with Crippen LogP contribution in [0.2, 0.25) is 0 Å². The van der Waals surface area contributed by atoms with Gasteiger partial charge in [-0.3, -0.25) is 0 Å². The van der Waals surface area contributed by atoms with Gasteiger partial charge in [0, 0.05) is 20.2 Å². The Labute approximate surface area is 93.1 Å². The molecule has 1 aromatic heterocycles. The van der Waals surface area contributed by atoms with Gasteiger partial charge < -0.3 is 10.6 Å². The van der Waals surface area contributed by atoms with E-state index in [4.69, 9.17) is 5.73 Å². The number of nitrogen functional groups attached to an aromatic ring is 1. The molecule has 0 unspecified atom stereocenters. The summed E-state index contributed by atoms with van der Waals surface area (Å²) in [7, 11) is 3.77. The summed E-state index contributed by atoms with van der Waals surface area (Å²) < 4.78 is 14.3. The van der Waals surface area contributed by atoms with Gasteiger partial charge in [-0.2, -0.15) is 0 Å². The first-order chi connectivity index (χ1) is 7.58. The SMILES string of the molecule is CN(C)c1cc(N)n(-c2ccc(F)cc2)n1. The fraction of sp³-hybridized carbons (Fsp3) is 0.182. The van der Waals surface area contributed by atoms with E-state index in [0.717, 1.165) is 11.5 Å². The van der Waals surface area contributed by atoms with E-state index < -0.39 is 0 Å². The van der Waals surface area contributed by atoms with Gasteiger partial charge in [0.1, 0.15) is 11.6 Å². The van der Waals surface area contributed by atoms with E-state index in [1.165, 1.54) is 12.1 Å². The van der Waals surface area contributed by atoms with Crippen LogP contribution >= 0.6 is 0 Å². The second kappa shape index (κ2) is 3.84. The Bertz CT molecular complexity index is 487. The van der Waals surface area contributed by atoms with Crippen LogP contribution in [0.5, 0.6) is 0 Å². The lowest BCUT2D eigenvalue weighted by molar-refractivity contribution is 0.627. The van der Waals surface area contributed by atoms with Crippen LogP contribution in [0, 0.1) is 5.82 Å². The molecule has 0 aliphatic rings. The summed E-state index contributed by atoms with van der Waals surface area (Å²) in [6.45, 7) is 0. The Balaban J connectivity index is 2.44. The zero-order valence-electron chi connectivity index (χ0n) is 9.18. The third-order valence-corrected chi connectivity index (χ3v) is 2.25. The molecular formula is C11H13FN4. The Morgan fingerprint density at radius 1 is 1.25 bits per heavy atom. The van der Waals surface area contributed by atoms with Gasteiger partial charge in [-0.05, 0) is 24.3 Å². The Hall–Kier alpha value is -2.04. The standard InChI is InChI=1S/C11H13FN4/c1-15(2)11-7-10(13)16(14-11)9-5-3-8(12)4-6-9/h3-7H,13H2,1-2H3. The molecule has 0 spiro atoms. The number of nitrogens with two attached hydrogens (primary N) is 1. The van der Waals surface area contributed by atoms with Crippen molar-refractivity contribution in [2.45, 2.75) is 0 Å². The summed E-state index contributed by atoms with van der Waals surface area (Å²) in [5.74, 6) is 1.01. The van der Waals surface area contributed by atoms with Crippen molar-refractivity contribution < 1.29 is 4.39 Å². The van der Waals surface area contributed by atoms with Gasteiger partial charge in [-0.25, -0.2) is 9.07 Å². The van der Waals surface area contributed by atoms with Gasteiger partial charge in [-0.15, -0.1) is 5.10 Å². The van der Waals surface area contributed by atoms with Crippen molar-refractivity contribution in [3.05, 3.63) is 36.1 Å². The summed E-state index contributed by atoms with van der Waals surface area (Å²) >= 11 is 0. The number of halogens is 1. The van der Waals surface area contributed by atoms with E-state index in [0.29, 0.717) is 5.82 Å².